The van der Waals surface area contributed by atoms with E-state index in [-0.39, 0.29) is 12.1 Å². The van der Waals surface area contributed by atoms with Crippen molar-refractivity contribution >= 4 is 17.3 Å². The molecular weight excluding hydrogens is 392 g/mol. The van der Waals surface area contributed by atoms with E-state index in [0.29, 0.717) is 11.7 Å². The van der Waals surface area contributed by atoms with Crippen LogP contribution >= 0.6 is 12.2 Å². The first-order chi connectivity index (χ1) is 14.8. The minimum Gasteiger partial charge on any atom is -0.459 e. The third-order valence-corrected chi connectivity index (χ3v) is 5.60. The van der Waals surface area contributed by atoms with Gasteiger partial charge in [-0.25, -0.2) is 0 Å². The maximum atomic E-state index is 6.34. The van der Waals surface area contributed by atoms with Crippen LogP contribution in [0.1, 0.15) is 29.1 Å². The molecule has 5 rings (SSSR count). The smallest absolute Gasteiger partial charge is 0.170 e. The summed E-state index contributed by atoms with van der Waals surface area (Å²) in [7, 11) is 0. The van der Waals surface area contributed by atoms with E-state index in [1.807, 2.05) is 72.9 Å². The molecule has 4 heterocycles. The summed E-state index contributed by atoms with van der Waals surface area (Å²) in [6.07, 6.45) is 5.45. The zero-order valence-corrected chi connectivity index (χ0v) is 17.0. The molecule has 0 unspecified atom stereocenters. The first-order valence-electron chi connectivity index (χ1n) is 9.82. The van der Waals surface area contributed by atoms with Crippen molar-refractivity contribution in [2.75, 3.05) is 0 Å². The van der Waals surface area contributed by atoms with Gasteiger partial charge in [-0.1, -0.05) is 42.5 Å². The summed E-state index contributed by atoms with van der Waals surface area (Å²) in [6, 6.07) is 23.9. The molecule has 0 saturated carbocycles. The molecule has 30 heavy (non-hydrogen) atoms. The Kier molecular flexibility index (Phi) is 4.99. The van der Waals surface area contributed by atoms with Gasteiger partial charge in [0.15, 0.2) is 5.11 Å². The Morgan fingerprint density at radius 2 is 1.80 bits per heavy atom. The molecule has 148 valence electrons. The quantitative estimate of drug-likeness (QED) is 0.470. The summed E-state index contributed by atoms with van der Waals surface area (Å²) >= 11 is 5.72. The normalized spacial score (nSPS) is 18.4. The first kappa shape index (κ1) is 18.5. The van der Waals surface area contributed by atoms with Crippen LogP contribution < -0.4 is 5.32 Å². The number of hydrogen-bond donors (Lipinski definition) is 1. The highest BCUT2D eigenvalue weighted by Gasteiger charge is 2.41. The van der Waals surface area contributed by atoms with E-state index in [2.05, 4.69) is 26.3 Å². The zero-order valence-electron chi connectivity index (χ0n) is 16.2. The van der Waals surface area contributed by atoms with Crippen LogP contribution in [0.4, 0.5) is 0 Å². The number of thiocarbonyl (C=S) groups is 1. The standard InChI is InChI=1S/C24H20N4OS/c30-24-27-22(19-10-4-5-14-26-19)23(28(24)16-17-7-6-13-25-15-17)21-12-11-20(29-21)18-8-2-1-3-9-18/h1-15,22-23H,16H2,(H,27,30)/t22-,23+/m1/s1. The number of hydrogen-bond acceptors (Lipinski definition) is 4. The van der Waals surface area contributed by atoms with Gasteiger partial charge in [0.1, 0.15) is 17.6 Å². The molecule has 0 bridgehead atoms. The summed E-state index contributed by atoms with van der Waals surface area (Å²) < 4.78 is 6.34. The second kappa shape index (κ2) is 8.08. The Bertz CT molecular complexity index is 1130. The highest BCUT2D eigenvalue weighted by Crippen LogP contribution is 2.41. The van der Waals surface area contributed by atoms with Crippen molar-refractivity contribution in [2.24, 2.45) is 0 Å². The SMILES string of the molecule is S=C1N[C@H](c2ccccn2)[C@H](c2ccc(-c3ccccc3)o2)N1Cc1cccnc1. The van der Waals surface area contributed by atoms with E-state index in [1.54, 1.807) is 12.4 Å². The molecule has 1 aromatic carbocycles. The van der Waals surface area contributed by atoms with Gasteiger partial charge in [-0.2, -0.15) is 0 Å². The fraction of sp³-hybridized carbons (Fsp3) is 0.125. The number of benzene rings is 1. The summed E-state index contributed by atoms with van der Waals surface area (Å²) in [4.78, 5) is 11.0. The molecule has 1 fully saturated rings. The van der Waals surface area contributed by atoms with Gasteiger partial charge in [-0.15, -0.1) is 0 Å². The Hall–Kier alpha value is -3.51. The van der Waals surface area contributed by atoms with Gasteiger partial charge >= 0.3 is 0 Å². The van der Waals surface area contributed by atoms with Crippen LogP contribution in [0.15, 0.2) is 95.8 Å². The molecular formula is C24H20N4OS. The minimum atomic E-state index is -0.120. The van der Waals surface area contributed by atoms with E-state index >= 15 is 0 Å². The number of aromatic nitrogens is 2. The summed E-state index contributed by atoms with van der Waals surface area (Å²) in [5.74, 6) is 1.69. The van der Waals surface area contributed by atoms with Gasteiger partial charge in [0.05, 0.1) is 11.7 Å². The predicted octanol–water partition coefficient (Wildman–Crippen LogP) is 4.91. The van der Waals surface area contributed by atoms with E-state index in [1.165, 1.54) is 0 Å². The van der Waals surface area contributed by atoms with E-state index < -0.39 is 0 Å². The molecule has 0 aliphatic carbocycles. The Labute approximate surface area is 180 Å². The van der Waals surface area contributed by atoms with Gasteiger partial charge < -0.3 is 14.6 Å². The van der Waals surface area contributed by atoms with Crippen molar-refractivity contribution in [3.8, 4) is 11.3 Å². The third-order valence-electron chi connectivity index (χ3n) is 5.25. The Balaban J connectivity index is 1.54. The molecule has 1 N–H and O–H groups in total. The predicted molar refractivity (Wildman–Crippen MR) is 119 cm³/mol. The third kappa shape index (κ3) is 3.57. The molecule has 4 aromatic rings. The number of pyridine rings is 2. The van der Waals surface area contributed by atoms with Crippen LogP contribution in [0, 0.1) is 0 Å². The lowest BCUT2D eigenvalue weighted by Crippen LogP contribution is -2.29. The first-order valence-corrected chi connectivity index (χ1v) is 10.2. The van der Waals surface area contributed by atoms with E-state index in [0.717, 1.165) is 28.3 Å². The fourth-order valence-corrected chi connectivity index (χ4v) is 4.15. The van der Waals surface area contributed by atoms with Gasteiger partial charge in [0.25, 0.3) is 0 Å². The van der Waals surface area contributed by atoms with Crippen molar-refractivity contribution in [3.63, 3.8) is 0 Å². The highest BCUT2D eigenvalue weighted by molar-refractivity contribution is 7.80. The molecule has 1 aliphatic rings. The highest BCUT2D eigenvalue weighted by atomic mass is 32.1. The van der Waals surface area contributed by atoms with Crippen molar-refractivity contribution in [1.29, 1.82) is 0 Å². The monoisotopic (exact) mass is 412 g/mol. The Morgan fingerprint density at radius 1 is 0.933 bits per heavy atom. The molecule has 0 spiro atoms. The molecule has 6 heteroatoms. The second-order valence-electron chi connectivity index (χ2n) is 7.18. The number of rotatable bonds is 5. The zero-order chi connectivity index (χ0) is 20.3. The van der Waals surface area contributed by atoms with Gasteiger partial charge in [0, 0.05) is 30.7 Å². The lowest BCUT2D eigenvalue weighted by molar-refractivity contribution is 0.269. The fourth-order valence-electron chi connectivity index (χ4n) is 3.84. The lowest BCUT2D eigenvalue weighted by Gasteiger charge is -2.26. The second-order valence-corrected chi connectivity index (χ2v) is 7.57. The van der Waals surface area contributed by atoms with Crippen LogP contribution in [0.5, 0.6) is 0 Å². The molecule has 0 radical (unpaired) electrons. The number of nitrogens with one attached hydrogen (secondary N) is 1. The minimum absolute atomic E-state index is 0.106. The van der Waals surface area contributed by atoms with Gasteiger partial charge in [-0.05, 0) is 48.1 Å². The molecule has 3 aromatic heterocycles. The topological polar surface area (TPSA) is 54.2 Å². The van der Waals surface area contributed by atoms with E-state index in [4.69, 9.17) is 16.6 Å². The maximum absolute atomic E-state index is 6.34. The summed E-state index contributed by atoms with van der Waals surface area (Å²) in [5, 5.41) is 4.13. The maximum Gasteiger partial charge on any atom is 0.170 e. The van der Waals surface area contributed by atoms with Crippen molar-refractivity contribution in [2.45, 2.75) is 18.6 Å². The van der Waals surface area contributed by atoms with E-state index in [9.17, 15) is 0 Å². The molecule has 5 nitrogen and oxygen atoms in total. The van der Waals surface area contributed by atoms with Crippen molar-refractivity contribution in [1.82, 2.24) is 20.2 Å². The van der Waals surface area contributed by atoms with Gasteiger partial charge in [-0.3, -0.25) is 9.97 Å². The summed E-state index contributed by atoms with van der Waals surface area (Å²) in [5.41, 5.74) is 3.06. The lowest BCUT2D eigenvalue weighted by atomic mass is 10.0. The Morgan fingerprint density at radius 3 is 2.57 bits per heavy atom. The number of nitrogens with zero attached hydrogens (tertiary/aromatic N) is 3. The average molecular weight is 413 g/mol. The molecule has 1 saturated heterocycles. The largest absolute Gasteiger partial charge is 0.459 e. The van der Waals surface area contributed by atoms with Crippen molar-refractivity contribution < 1.29 is 4.42 Å². The van der Waals surface area contributed by atoms with Crippen LogP contribution in [-0.4, -0.2) is 20.0 Å². The van der Waals surface area contributed by atoms with Crippen LogP contribution in [-0.2, 0) is 6.54 Å². The van der Waals surface area contributed by atoms with Crippen LogP contribution in [0.2, 0.25) is 0 Å². The molecule has 2 atom stereocenters. The summed E-state index contributed by atoms with van der Waals surface area (Å²) in [6.45, 7) is 0.634. The van der Waals surface area contributed by atoms with Crippen LogP contribution in [0.25, 0.3) is 11.3 Å². The number of furan rings is 1. The van der Waals surface area contributed by atoms with Crippen molar-refractivity contribution in [3.05, 3.63) is 108 Å². The molecule has 1 aliphatic heterocycles. The average Bonchev–Trinajstić information content (AvgIpc) is 3.41. The van der Waals surface area contributed by atoms with Gasteiger partial charge in [0.2, 0.25) is 0 Å². The molecule has 0 amide bonds. The van der Waals surface area contributed by atoms with Crippen LogP contribution in [0.3, 0.4) is 0 Å².